The summed E-state index contributed by atoms with van der Waals surface area (Å²) in [6, 6.07) is 9.96. The summed E-state index contributed by atoms with van der Waals surface area (Å²) in [5, 5.41) is 7.19. The molecule has 1 aliphatic rings. The fourth-order valence-corrected chi connectivity index (χ4v) is 3.39. The van der Waals surface area contributed by atoms with Gasteiger partial charge in [-0.3, -0.25) is 19.4 Å². The minimum Gasteiger partial charge on any atom is -0.353 e. The van der Waals surface area contributed by atoms with Crippen LogP contribution in [0, 0.1) is 0 Å². The third-order valence-corrected chi connectivity index (χ3v) is 5.02. The molecule has 0 bridgehead atoms. The average Bonchev–Trinajstić information content (AvgIpc) is 3.20. The average molecular weight is 391 g/mol. The van der Waals surface area contributed by atoms with Gasteiger partial charge in [0.25, 0.3) is 0 Å². The molecule has 1 N–H and O–H groups in total. The highest BCUT2D eigenvalue weighted by Gasteiger charge is 2.20. The number of piperazine rings is 1. The van der Waals surface area contributed by atoms with Gasteiger partial charge < -0.3 is 10.2 Å². The van der Waals surface area contributed by atoms with Gasteiger partial charge in [-0.15, -0.1) is 0 Å². The summed E-state index contributed by atoms with van der Waals surface area (Å²) in [5.41, 5.74) is 2.88. The van der Waals surface area contributed by atoms with E-state index < -0.39 is 0 Å². The molecule has 2 aromatic heterocycles. The molecule has 3 aromatic rings. The summed E-state index contributed by atoms with van der Waals surface area (Å²) >= 11 is 0. The summed E-state index contributed by atoms with van der Waals surface area (Å²) in [4.78, 5) is 25.7. The van der Waals surface area contributed by atoms with Crippen molar-refractivity contribution >= 4 is 11.7 Å². The maximum atomic E-state index is 12.2. The first-order chi connectivity index (χ1) is 14.2. The van der Waals surface area contributed by atoms with Gasteiger partial charge in [0, 0.05) is 51.5 Å². The number of aryl methyl sites for hydroxylation is 1. The zero-order valence-corrected chi connectivity index (χ0v) is 16.5. The number of aromatic nitrogens is 4. The van der Waals surface area contributed by atoms with E-state index in [4.69, 9.17) is 4.98 Å². The maximum Gasteiger partial charge on any atom is 0.234 e. The molecule has 0 radical (unpaired) electrons. The van der Waals surface area contributed by atoms with Crippen LogP contribution < -0.4 is 10.2 Å². The van der Waals surface area contributed by atoms with Crippen molar-refractivity contribution in [2.45, 2.75) is 6.54 Å². The van der Waals surface area contributed by atoms with Crippen molar-refractivity contribution in [1.82, 2.24) is 30.0 Å². The normalized spacial score (nSPS) is 14.7. The summed E-state index contributed by atoms with van der Waals surface area (Å²) in [6.45, 7) is 4.25. The lowest BCUT2D eigenvalue weighted by atomic mass is 10.2. The second-order valence-corrected chi connectivity index (χ2v) is 7.19. The predicted molar refractivity (Wildman–Crippen MR) is 111 cm³/mol. The number of rotatable bonds is 6. The van der Waals surface area contributed by atoms with Crippen molar-refractivity contribution in [3.8, 4) is 11.3 Å². The van der Waals surface area contributed by atoms with Gasteiger partial charge in [-0.2, -0.15) is 5.10 Å². The molecule has 0 spiro atoms. The Hall–Kier alpha value is -3.26. The number of benzene rings is 1. The molecule has 0 saturated carbocycles. The van der Waals surface area contributed by atoms with Crippen LogP contribution in [0.15, 0.2) is 55.1 Å². The number of hydrogen-bond acceptors (Lipinski definition) is 6. The van der Waals surface area contributed by atoms with Crippen molar-refractivity contribution in [3.63, 3.8) is 0 Å². The zero-order valence-electron chi connectivity index (χ0n) is 16.5. The van der Waals surface area contributed by atoms with Gasteiger partial charge in [0.2, 0.25) is 5.91 Å². The van der Waals surface area contributed by atoms with Crippen LogP contribution in [0.2, 0.25) is 0 Å². The topological polar surface area (TPSA) is 79.2 Å². The molecule has 1 fully saturated rings. The molecule has 8 nitrogen and oxygen atoms in total. The fourth-order valence-electron chi connectivity index (χ4n) is 3.39. The van der Waals surface area contributed by atoms with Crippen molar-refractivity contribution in [2.75, 3.05) is 37.6 Å². The highest BCUT2D eigenvalue weighted by Crippen LogP contribution is 2.19. The lowest BCUT2D eigenvalue weighted by molar-refractivity contribution is -0.122. The summed E-state index contributed by atoms with van der Waals surface area (Å²) < 4.78 is 1.76. The Kier molecular flexibility index (Phi) is 5.81. The van der Waals surface area contributed by atoms with E-state index in [1.807, 2.05) is 43.6 Å². The highest BCUT2D eigenvalue weighted by molar-refractivity contribution is 5.78. The number of hydrogen-bond donors (Lipinski definition) is 1. The molecule has 0 atom stereocenters. The molecular weight excluding hydrogens is 366 g/mol. The Balaban J connectivity index is 1.28. The number of carbonyl (C=O) groups excluding carboxylic acids is 1. The number of nitrogens with zero attached hydrogens (tertiary/aromatic N) is 6. The SMILES string of the molecule is Cn1cc(-c2cncc(N3CCN(CC(=O)NCc4ccccc4)CC3)n2)cn1. The van der Waals surface area contributed by atoms with Gasteiger partial charge in [-0.25, -0.2) is 4.98 Å². The Morgan fingerprint density at radius 2 is 1.86 bits per heavy atom. The first-order valence-corrected chi connectivity index (χ1v) is 9.76. The zero-order chi connectivity index (χ0) is 20.1. The van der Waals surface area contributed by atoms with E-state index in [-0.39, 0.29) is 5.91 Å². The van der Waals surface area contributed by atoms with E-state index in [0.29, 0.717) is 13.1 Å². The van der Waals surface area contributed by atoms with E-state index in [2.05, 4.69) is 25.2 Å². The number of nitrogens with one attached hydrogen (secondary N) is 1. The molecule has 1 aromatic carbocycles. The van der Waals surface area contributed by atoms with E-state index in [1.165, 1.54) is 0 Å². The number of carbonyl (C=O) groups is 1. The number of anilines is 1. The van der Waals surface area contributed by atoms with Crippen LogP contribution in [0.5, 0.6) is 0 Å². The third kappa shape index (κ3) is 4.97. The largest absolute Gasteiger partial charge is 0.353 e. The maximum absolute atomic E-state index is 12.2. The molecule has 8 heteroatoms. The van der Waals surface area contributed by atoms with Crippen LogP contribution >= 0.6 is 0 Å². The van der Waals surface area contributed by atoms with E-state index >= 15 is 0 Å². The van der Waals surface area contributed by atoms with Crippen LogP contribution in [0.25, 0.3) is 11.3 Å². The van der Waals surface area contributed by atoms with Gasteiger partial charge in [0.05, 0.1) is 30.8 Å². The number of amides is 1. The Morgan fingerprint density at radius 1 is 1.07 bits per heavy atom. The van der Waals surface area contributed by atoms with Crippen molar-refractivity contribution in [2.24, 2.45) is 7.05 Å². The van der Waals surface area contributed by atoms with Gasteiger partial charge in [-0.05, 0) is 5.56 Å². The quantitative estimate of drug-likeness (QED) is 0.683. The van der Waals surface area contributed by atoms with Gasteiger partial charge >= 0.3 is 0 Å². The highest BCUT2D eigenvalue weighted by atomic mass is 16.2. The van der Waals surface area contributed by atoms with E-state index in [1.54, 1.807) is 23.3 Å². The van der Waals surface area contributed by atoms with Crippen LogP contribution in [0.3, 0.4) is 0 Å². The predicted octanol–water partition coefficient (Wildman–Crippen LogP) is 1.32. The lowest BCUT2D eigenvalue weighted by Crippen LogP contribution is -2.49. The molecule has 150 valence electrons. The van der Waals surface area contributed by atoms with Crippen LogP contribution in [-0.4, -0.2) is 63.3 Å². The van der Waals surface area contributed by atoms with E-state index in [0.717, 1.165) is 48.8 Å². The van der Waals surface area contributed by atoms with Gasteiger partial charge in [0.1, 0.15) is 5.82 Å². The molecule has 1 aliphatic heterocycles. The molecule has 0 aliphatic carbocycles. The second-order valence-electron chi connectivity index (χ2n) is 7.19. The van der Waals surface area contributed by atoms with Gasteiger partial charge in [-0.1, -0.05) is 30.3 Å². The van der Waals surface area contributed by atoms with Crippen molar-refractivity contribution in [1.29, 1.82) is 0 Å². The Bertz CT molecular complexity index is 948. The van der Waals surface area contributed by atoms with Crippen molar-refractivity contribution < 1.29 is 4.79 Å². The smallest absolute Gasteiger partial charge is 0.234 e. The fraction of sp³-hybridized carbons (Fsp3) is 0.333. The molecule has 3 heterocycles. The van der Waals surface area contributed by atoms with Crippen LogP contribution in [-0.2, 0) is 18.4 Å². The summed E-state index contributed by atoms with van der Waals surface area (Å²) in [6.07, 6.45) is 7.27. The Labute approximate surface area is 170 Å². The molecule has 0 unspecified atom stereocenters. The third-order valence-electron chi connectivity index (χ3n) is 5.02. The molecule has 1 saturated heterocycles. The molecule has 4 rings (SSSR count). The first kappa shape index (κ1) is 19.1. The van der Waals surface area contributed by atoms with E-state index in [9.17, 15) is 4.79 Å². The minimum atomic E-state index is 0.0562. The summed E-state index contributed by atoms with van der Waals surface area (Å²) in [7, 11) is 1.88. The summed E-state index contributed by atoms with van der Waals surface area (Å²) in [5.74, 6) is 0.917. The second kappa shape index (κ2) is 8.83. The van der Waals surface area contributed by atoms with Crippen LogP contribution in [0.4, 0.5) is 5.82 Å². The lowest BCUT2D eigenvalue weighted by Gasteiger charge is -2.34. The van der Waals surface area contributed by atoms with Crippen molar-refractivity contribution in [3.05, 3.63) is 60.7 Å². The van der Waals surface area contributed by atoms with Crippen LogP contribution in [0.1, 0.15) is 5.56 Å². The molecular formula is C21H25N7O. The molecule has 29 heavy (non-hydrogen) atoms. The minimum absolute atomic E-state index is 0.0562. The van der Waals surface area contributed by atoms with Gasteiger partial charge in [0.15, 0.2) is 0 Å². The first-order valence-electron chi connectivity index (χ1n) is 9.76. The monoisotopic (exact) mass is 391 g/mol. The molecule has 1 amide bonds. The standard InChI is InChI=1S/C21H25N7O/c1-26-15-18(12-24-26)19-13-22-14-20(25-19)28-9-7-27(8-10-28)16-21(29)23-11-17-5-3-2-4-6-17/h2-6,12-15H,7-11,16H2,1H3,(H,23,29). The Morgan fingerprint density at radius 3 is 2.59 bits per heavy atom.